The fraction of sp³-hybridized carbons (Fsp3) is 0.643. The third-order valence-electron chi connectivity index (χ3n) is 3.69. The summed E-state index contributed by atoms with van der Waals surface area (Å²) < 4.78 is 25.8. The molecule has 2 rings (SSSR count). The van der Waals surface area contributed by atoms with Crippen molar-refractivity contribution in [1.82, 2.24) is 9.29 Å². The summed E-state index contributed by atoms with van der Waals surface area (Å²) in [7, 11) is -1.21. The molecule has 0 aliphatic carbocycles. The van der Waals surface area contributed by atoms with Crippen LogP contribution in [0, 0.1) is 6.92 Å². The molecule has 0 amide bonds. The van der Waals surface area contributed by atoms with E-state index in [9.17, 15) is 8.42 Å². The van der Waals surface area contributed by atoms with Crippen LogP contribution < -0.4 is 5.32 Å². The van der Waals surface area contributed by atoms with Gasteiger partial charge < -0.3 is 5.32 Å². The summed E-state index contributed by atoms with van der Waals surface area (Å²) in [5, 5.41) is 3.12. The number of aryl methyl sites for hydroxylation is 1. The number of nitrogens with one attached hydrogen (secondary N) is 1. The standard InChI is InChI=1S/C14H23N3O2S/c1-4-7-20(18,19)17-6-5-12(10-17)14-9-13(15-3)8-11(2)16-14/h8-9,12H,4-7,10H2,1-3H3,(H,15,16)/t12-/m0/s1. The van der Waals surface area contributed by atoms with Crippen LogP contribution in [0.15, 0.2) is 12.1 Å². The average Bonchev–Trinajstić information content (AvgIpc) is 2.88. The van der Waals surface area contributed by atoms with Gasteiger partial charge in [0, 0.05) is 43.1 Å². The molecule has 20 heavy (non-hydrogen) atoms. The first-order valence-electron chi connectivity index (χ1n) is 7.10. The van der Waals surface area contributed by atoms with E-state index in [2.05, 4.69) is 10.3 Å². The molecule has 1 fully saturated rings. The van der Waals surface area contributed by atoms with Gasteiger partial charge in [0.25, 0.3) is 0 Å². The Balaban J connectivity index is 2.15. The Morgan fingerprint density at radius 3 is 2.85 bits per heavy atom. The Morgan fingerprint density at radius 2 is 2.20 bits per heavy atom. The lowest BCUT2D eigenvalue weighted by Gasteiger charge is -2.16. The summed E-state index contributed by atoms with van der Waals surface area (Å²) in [4.78, 5) is 4.56. The van der Waals surface area contributed by atoms with Crippen molar-refractivity contribution in [2.24, 2.45) is 0 Å². The predicted molar refractivity (Wildman–Crippen MR) is 81.5 cm³/mol. The first kappa shape index (κ1) is 15.3. The molecule has 1 aliphatic heterocycles. The maximum Gasteiger partial charge on any atom is 0.214 e. The highest BCUT2D eigenvalue weighted by Crippen LogP contribution is 2.29. The first-order chi connectivity index (χ1) is 9.46. The molecule has 0 radical (unpaired) electrons. The van der Waals surface area contributed by atoms with Crippen LogP contribution in [0.5, 0.6) is 0 Å². The van der Waals surface area contributed by atoms with Gasteiger partial charge in [-0.1, -0.05) is 6.92 Å². The number of sulfonamides is 1. The molecule has 0 unspecified atom stereocenters. The van der Waals surface area contributed by atoms with Crippen molar-refractivity contribution >= 4 is 15.7 Å². The van der Waals surface area contributed by atoms with E-state index < -0.39 is 10.0 Å². The number of aromatic nitrogens is 1. The van der Waals surface area contributed by atoms with E-state index in [-0.39, 0.29) is 11.7 Å². The van der Waals surface area contributed by atoms with E-state index in [0.717, 1.165) is 23.5 Å². The molecule has 1 atom stereocenters. The molecule has 2 heterocycles. The van der Waals surface area contributed by atoms with Gasteiger partial charge in [0.05, 0.1) is 5.75 Å². The van der Waals surface area contributed by atoms with E-state index in [0.29, 0.717) is 19.5 Å². The minimum absolute atomic E-state index is 0.202. The molecule has 0 bridgehead atoms. The van der Waals surface area contributed by atoms with Crippen LogP contribution in [0.4, 0.5) is 5.69 Å². The van der Waals surface area contributed by atoms with Gasteiger partial charge in [-0.25, -0.2) is 12.7 Å². The van der Waals surface area contributed by atoms with Crippen LogP contribution in [0.3, 0.4) is 0 Å². The number of anilines is 1. The monoisotopic (exact) mass is 297 g/mol. The SMILES string of the molecule is CCCS(=O)(=O)N1CC[C@H](c2cc(NC)cc(C)n2)C1. The molecule has 0 aromatic carbocycles. The van der Waals surface area contributed by atoms with Crippen molar-refractivity contribution in [2.75, 3.05) is 31.2 Å². The lowest BCUT2D eigenvalue weighted by Crippen LogP contribution is -2.30. The van der Waals surface area contributed by atoms with Gasteiger partial charge in [-0.05, 0) is 31.9 Å². The van der Waals surface area contributed by atoms with Gasteiger partial charge in [0.1, 0.15) is 0 Å². The van der Waals surface area contributed by atoms with E-state index in [1.165, 1.54) is 0 Å². The largest absolute Gasteiger partial charge is 0.388 e. The van der Waals surface area contributed by atoms with Gasteiger partial charge in [0.2, 0.25) is 10.0 Å². The number of nitrogens with zero attached hydrogens (tertiary/aromatic N) is 2. The summed E-state index contributed by atoms with van der Waals surface area (Å²) >= 11 is 0. The second-order valence-corrected chi connectivity index (χ2v) is 7.42. The smallest absolute Gasteiger partial charge is 0.214 e. The number of hydrogen-bond donors (Lipinski definition) is 1. The quantitative estimate of drug-likeness (QED) is 0.902. The number of pyridine rings is 1. The third-order valence-corrected chi connectivity index (χ3v) is 5.73. The van der Waals surface area contributed by atoms with Gasteiger partial charge >= 0.3 is 0 Å². The van der Waals surface area contributed by atoms with Crippen LogP contribution in [-0.4, -0.2) is 43.6 Å². The van der Waals surface area contributed by atoms with Crippen molar-refractivity contribution in [2.45, 2.75) is 32.6 Å². The molecule has 1 aliphatic rings. The zero-order valence-electron chi connectivity index (χ0n) is 12.4. The average molecular weight is 297 g/mol. The normalized spacial score (nSPS) is 20.2. The van der Waals surface area contributed by atoms with Crippen LogP contribution in [0.2, 0.25) is 0 Å². The minimum atomic E-state index is -3.09. The molecule has 1 aromatic heterocycles. The summed E-state index contributed by atoms with van der Waals surface area (Å²) in [6.45, 7) is 5.02. The molecule has 6 heteroatoms. The molecule has 1 N–H and O–H groups in total. The van der Waals surface area contributed by atoms with Crippen molar-refractivity contribution in [1.29, 1.82) is 0 Å². The second kappa shape index (κ2) is 6.10. The van der Waals surface area contributed by atoms with Crippen LogP contribution in [0.1, 0.15) is 37.1 Å². The maximum absolute atomic E-state index is 12.1. The Morgan fingerprint density at radius 1 is 1.45 bits per heavy atom. The highest BCUT2D eigenvalue weighted by molar-refractivity contribution is 7.89. The fourth-order valence-corrected chi connectivity index (χ4v) is 4.22. The Hall–Kier alpha value is -1.14. The summed E-state index contributed by atoms with van der Waals surface area (Å²) in [5.41, 5.74) is 2.98. The zero-order valence-corrected chi connectivity index (χ0v) is 13.2. The Labute approximate surface area is 121 Å². The Bertz CT molecular complexity index is 572. The van der Waals surface area contributed by atoms with Gasteiger partial charge in [0.15, 0.2) is 0 Å². The van der Waals surface area contributed by atoms with E-state index in [1.807, 2.05) is 33.0 Å². The summed E-state index contributed by atoms with van der Waals surface area (Å²) in [5.74, 6) is 0.441. The molecule has 112 valence electrons. The van der Waals surface area contributed by atoms with Crippen molar-refractivity contribution in [3.8, 4) is 0 Å². The van der Waals surface area contributed by atoms with Crippen LogP contribution >= 0.6 is 0 Å². The lowest BCUT2D eigenvalue weighted by molar-refractivity contribution is 0.471. The van der Waals surface area contributed by atoms with Gasteiger partial charge in [-0.15, -0.1) is 0 Å². The molecule has 1 saturated heterocycles. The predicted octanol–water partition coefficient (Wildman–Crippen LogP) is 1.96. The van der Waals surface area contributed by atoms with Crippen molar-refractivity contribution in [3.05, 3.63) is 23.5 Å². The molecule has 0 spiro atoms. The summed E-state index contributed by atoms with van der Waals surface area (Å²) in [6, 6.07) is 4.01. The Kier molecular flexibility index (Phi) is 4.65. The highest BCUT2D eigenvalue weighted by atomic mass is 32.2. The topological polar surface area (TPSA) is 62.3 Å². The van der Waals surface area contributed by atoms with Crippen LogP contribution in [-0.2, 0) is 10.0 Å². The van der Waals surface area contributed by atoms with Gasteiger partial charge in [-0.3, -0.25) is 4.98 Å². The fourth-order valence-electron chi connectivity index (χ4n) is 2.66. The zero-order chi connectivity index (χ0) is 14.8. The van der Waals surface area contributed by atoms with Gasteiger partial charge in [-0.2, -0.15) is 0 Å². The minimum Gasteiger partial charge on any atom is -0.388 e. The van der Waals surface area contributed by atoms with Crippen molar-refractivity contribution < 1.29 is 8.42 Å². The second-order valence-electron chi connectivity index (χ2n) is 5.33. The van der Waals surface area contributed by atoms with Crippen LogP contribution in [0.25, 0.3) is 0 Å². The molecule has 0 saturated carbocycles. The maximum atomic E-state index is 12.1. The summed E-state index contributed by atoms with van der Waals surface area (Å²) in [6.07, 6.45) is 1.51. The van der Waals surface area contributed by atoms with Crippen molar-refractivity contribution in [3.63, 3.8) is 0 Å². The number of rotatable bonds is 5. The molecule has 5 nitrogen and oxygen atoms in total. The highest BCUT2D eigenvalue weighted by Gasteiger charge is 2.32. The van der Waals surface area contributed by atoms with E-state index >= 15 is 0 Å². The van der Waals surface area contributed by atoms with E-state index in [1.54, 1.807) is 4.31 Å². The number of hydrogen-bond acceptors (Lipinski definition) is 4. The first-order valence-corrected chi connectivity index (χ1v) is 8.71. The molecule has 1 aromatic rings. The third kappa shape index (κ3) is 3.30. The lowest BCUT2D eigenvalue weighted by atomic mass is 10.0. The molecular weight excluding hydrogens is 274 g/mol. The van der Waals surface area contributed by atoms with E-state index in [4.69, 9.17) is 0 Å². The molecular formula is C14H23N3O2S.